The number of hydrogen-bond acceptors (Lipinski definition) is 5. The zero-order valence-corrected chi connectivity index (χ0v) is 11.4. The predicted molar refractivity (Wildman–Crippen MR) is 72.9 cm³/mol. The van der Waals surface area contributed by atoms with Crippen molar-refractivity contribution in [3.05, 3.63) is 41.9 Å². The molecule has 2 aromatic rings. The van der Waals surface area contributed by atoms with Crippen LogP contribution in [-0.2, 0) is 6.18 Å². The average molecular weight is 297 g/mol. The van der Waals surface area contributed by atoms with E-state index in [2.05, 4.69) is 25.6 Å². The van der Waals surface area contributed by atoms with Gasteiger partial charge in [-0.05, 0) is 24.6 Å². The van der Waals surface area contributed by atoms with Gasteiger partial charge in [0.05, 0.1) is 6.04 Å². The lowest BCUT2D eigenvalue weighted by Gasteiger charge is -2.16. The van der Waals surface area contributed by atoms with Crippen molar-refractivity contribution in [2.45, 2.75) is 19.1 Å². The number of aromatic nitrogens is 3. The Bertz CT molecular complexity index is 601. The van der Waals surface area contributed by atoms with Crippen LogP contribution in [0.1, 0.15) is 24.2 Å². The Morgan fingerprint density at radius 1 is 1.14 bits per heavy atom. The maximum Gasteiger partial charge on any atom is 0.433 e. The lowest BCUT2D eigenvalue weighted by atomic mass is 10.1. The van der Waals surface area contributed by atoms with E-state index in [0.717, 1.165) is 11.6 Å². The topological polar surface area (TPSA) is 62.7 Å². The van der Waals surface area contributed by atoms with Gasteiger partial charge >= 0.3 is 6.18 Å². The van der Waals surface area contributed by atoms with Crippen molar-refractivity contribution < 1.29 is 13.2 Å². The molecule has 2 aromatic heterocycles. The monoisotopic (exact) mass is 297 g/mol. The molecular weight excluding hydrogens is 283 g/mol. The van der Waals surface area contributed by atoms with E-state index < -0.39 is 11.9 Å². The highest BCUT2D eigenvalue weighted by atomic mass is 19.4. The number of nitrogens with zero attached hydrogens (tertiary/aromatic N) is 3. The molecule has 112 valence electrons. The van der Waals surface area contributed by atoms with Crippen LogP contribution in [0.15, 0.2) is 30.6 Å². The molecule has 5 nitrogen and oxygen atoms in total. The zero-order valence-electron chi connectivity index (χ0n) is 11.4. The SMILES string of the molecule is CNc1nc(NC(C)c2ccncc2)cc(C(F)(F)F)n1. The van der Waals surface area contributed by atoms with Gasteiger partial charge in [0.25, 0.3) is 0 Å². The largest absolute Gasteiger partial charge is 0.433 e. The molecule has 0 radical (unpaired) electrons. The second kappa shape index (κ2) is 5.94. The normalized spacial score (nSPS) is 12.8. The summed E-state index contributed by atoms with van der Waals surface area (Å²) in [6, 6.07) is 4.23. The highest BCUT2D eigenvalue weighted by Crippen LogP contribution is 2.30. The third kappa shape index (κ3) is 3.80. The quantitative estimate of drug-likeness (QED) is 0.908. The molecule has 0 saturated carbocycles. The number of pyridine rings is 1. The first-order chi connectivity index (χ1) is 9.90. The summed E-state index contributed by atoms with van der Waals surface area (Å²) in [5.74, 6) is 0.0141. The minimum absolute atomic E-state index is 0.0887. The second-order valence-corrected chi connectivity index (χ2v) is 4.36. The first kappa shape index (κ1) is 15.0. The molecule has 1 unspecified atom stereocenters. The van der Waals surface area contributed by atoms with Gasteiger partial charge in [0.15, 0.2) is 5.69 Å². The van der Waals surface area contributed by atoms with Gasteiger partial charge in [0.2, 0.25) is 5.95 Å². The zero-order chi connectivity index (χ0) is 15.5. The first-order valence-electron chi connectivity index (χ1n) is 6.20. The van der Waals surface area contributed by atoms with Crippen molar-refractivity contribution in [3.63, 3.8) is 0 Å². The summed E-state index contributed by atoms with van der Waals surface area (Å²) in [5, 5.41) is 5.45. The Balaban J connectivity index is 2.27. The molecule has 0 fully saturated rings. The molecule has 0 bridgehead atoms. The van der Waals surface area contributed by atoms with Gasteiger partial charge in [-0.25, -0.2) is 4.98 Å². The molecule has 0 saturated heterocycles. The molecule has 0 aliphatic rings. The highest BCUT2D eigenvalue weighted by Gasteiger charge is 2.33. The lowest BCUT2D eigenvalue weighted by molar-refractivity contribution is -0.141. The van der Waals surface area contributed by atoms with Crippen molar-refractivity contribution in [1.82, 2.24) is 15.0 Å². The molecule has 1 atom stereocenters. The fraction of sp³-hybridized carbons (Fsp3) is 0.308. The Hall–Kier alpha value is -2.38. The molecule has 0 aliphatic heterocycles. The predicted octanol–water partition coefficient (Wildman–Crippen LogP) is 3.11. The molecule has 2 rings (SSSR count). The summed E-state index contributed by atoms with van der Waals surface area (Å²) >= 11 is 0. The minimum atomic E-state index is -4.52. The van der Waals surface area contributed by atoms with Gasteiger partial charge in [-0.15, -0.1) is 0 Å². The molecule has 21 heavy (non-hydrogen) atoms. The van der Waals surface area contributed by atoms with E-state index in [0.29, 0.717) is 0 Å². The van der Waals surface area contributed by atoms with Gasteiger partial charge < -0.3 is 10.6 Å². The number of halogens is 3. The van der Waals surface area contributed by atoms with Crippen LogP contribution in [0.4, 0.5) is 24.9 Å². The van der Waals surface area contributed by atoms with Crippen LogP contribution in [-0.4, -0.2) is 22.0 Å². The van der Waals surface area contributed by atoms with Crippen LogP contribution >= 0.6 is 0 Å². The minimum Gasteiger partial charge on any atom is -0.363 e. The van der Waals surface area contributed by atoms with Crippen molar-refractivity contribution >= 4 is 11.8 Å². The fourth-order valence-electron chi connectivity index (χ4n) is 1.74. The van der Waals surface area contributed by atoms with Crippen LogP contribution in [0.25, 0.3) is 0 Å². The Morgan fingerprint density at radius 3 is 2.38 bits per heavy atom. The van der Waals surface area contributed by atoms with Crippen molar-refractivity contribution in [3.8, 4) is 0 Å². The van der Waals surface area contributed by atoms with Crippen molar-refractivity contribution in [1.29, 1.82) is 0 Å². The van der Waals surface area contributed by atoms with E-state index in [1.54, 1.807) is 24.5 Å². The van der Waals surface area contributed by atoms with Crippen molar-refractivity contribution in [2.24, 2.45) is 0 Å². The van der Waals surface area contributed by atoms with Crippen LogP contribution in [0.5, 0.6) is 0 Å². The van der Waals surface area contributed by atoms with E-state index in [1.165, 1.54) is 7.05 Å². The summed E-state index contributed by atoms with van der Waals surface area (Å²) in [6.07, 6.45) is -1.29. The summed E-state index contributed by atoms with van der Waals surface area (Å²) in [7, 11) is 1.46. The van der Waals surface area contributed by atoms with E-state index in [-0.39, 0.29) is 17.8 Å². The standard InChI is InChI=1S/C13H14F3N5/c1-8(9-3-5-18-6-4-9)19-11-7-10(13(14,15)16)20-12(17-2)21-11/h3-8H,1-2H3,(H2,17,19,20,21). The maximum absolute atomic E-state index is 12.8. The van der Waals surface area contributed by atoms with E-state index in [1.807, 2.05) is 6.92 Å². The van der Waals surface area contributed by atoms with Crippen molar-refractivity contribution in [2.75, 3.05) is 17.7 Å². The third-order valence-electron chi connectivity index (χ3n) is 2.81. The number of anilines is 2. The summed E-state index contributed by atoms with van der Waals surface area (Å²) < 4.78 is 38.4. The van der Waals surface area contributed by atoms with Crippen LogP contribution in [0.2, 0.25) is 0 Å². The van der Waals surface area contributed by atoms with Gasteiger partial charge in [-0.3, -0.25) is 4.98 Å². The molecule has 2 heterocycles. The Kier molecular flexibility index (Phi) is 4.25. The third-order valence-corrected chi connectivity index (χ3v) is 2.81. The summed E-state index contributed by atoms with van der Waals surface area (Å²) in [5.41, 5.74) is -0.102. The number of nitrogens with one attached hydrogen (secondary N) is 2. The van der Waals surface area contributed by atoms with Gasteiger partial charge in [0, 0.05) is 25.5 Å². The highest BCUT2D eigenvalue weighted by molar-refractivity contribution is 5.44. The Labute approximate surface area is 119 Å². The molecule has 0 spiro atoms. The van der Waals surface area contributed by atoms with Crippen LogP contribution < -0.4 is 10.6 Å². The molecule has 8 heteroatoms. The summed E-state index contributed by atoms with van der Waals surface area (Å²) in [6.45, 7) is 1.82. The molecule has 2 N–H and O–H groups in total. The summed E-state index contributed by atoms with van der Waals surface area (Å²) in [4.78, 5) is 11.3. The first-order valence-corrected chi connectivity index (χ1v) is 6.20. The number of rotatable bonds is 4. The smallest absolute Gasteiger partial charge is 0.363 e. The molecule has 0 aromatic carbocycles. The van der Waals surface area contributed by atoms with E-state index >= 15 is 0 Å². The number of alkyl halides is 3. The number of hydrogen-bond donors (Lipinski definition) is 2. The molecular formula is C13H14F3N5. The van der Waals surface area contributed by atoms with Gasteiger partial charge in [-0.1, -0.05) is 0 Å². The fourth-order valence-corrected chi connectivity index (χ4v) is 1.74. The van der Waals surface area contributed by atoms with Gasteiger partial charge in [-0.2, -0.15) is 18.2 Å². The Morgan fingerprint density at radius 2 is 1.81 bits per heavy atom. The second-order valence-electron chi connectivity index (χ2n) is 4.36. The molecule has 0 amide bonds. The van der Waals surface area contributed by atoms with Gasteiger partial charge in [0.1, 0.15) is 5.82 Å². The van der Waals surface area contributed by atoms with E-state index in [9.17, 15) is 13.2 Å². The molecule has 0 aliphatic carbocycles. The van der Waals surface area contributed by atoms with Crippen LogP contribution in [0.3, 0.4) is 0 Å². The van der Waals surface area contributed by atoms with E-state index in [4.69, 9.17) is 0 Å². The lowest BCUT2D eigenvalue weighted by Crippen LogP contribution is -2.14. The maximum atomic E-state index is 12.8. The van der Waals surface area contributed by atoms with Crippen LogP contribution in [0, 0.1) is 0 Å². The average Bonchev–Trinajstić information content (AvgIpc) is 2.46.